The molecule has 0 radical (unpaired) electrons. The minimum atomic E-state index is -0.561. The van der Waals surface area contributed by atoms with Crippen LogP contribution in [0.4, 0.5) is 23.1 Å². The number of hydrogen-bond donors (Lipinski definition) is 3. The second kappa shape index (κ2) is 12.9. The lowest BCUT2D eigenvalue weighted by molar-refractivity contribution is -0.124. The molecule has 11 nitrogen and oxygen atoms in total. The van der Waals surface area contributed by atoms with Gasteiger partial charge in [-0.2, -0.15) is 4.98 Å². The molecule has 0 spiro atoms. The molecule has 2 fully saturated rings. The third-order valence-electron chi connectivity index (χ3n) is 8.75. The van der Waals surface area contributed by atoms with Crippen molar-refractivity contribution < 1.29 is 10.0 Å². The maximum atomic E-state index is 13.6. The van der Waals surface area contributed by atoms with Crippen LogP contribution in [-0.2, 0) is 4.79 Å². The van der Waals surface area contributed by atoms with Crippen LogP contribution < -0.4 is 26.2 Å². The van der Waals surface area contributed by atoms with Crippen LogP contribution in [0.1, 0.15) is 55.3 Å². The van der Waals surface area contributed by atoms with E-state index in [0.717, 1.165) is 85.3 Å². The smallest absolute Gasteiger partial charge is 0.267 e. The first-order chi connectivity index (χ1) is 21.8. The van der Waals surface area contributed by atoms with Crippen molar-refractivity contribution in [3.63, 3.8) is 0 Å². The van der Waals surface area contributed by atoms with Gasteiger partial charge in [-0.05, 0) is 73.7 Å². The van der Waals surface area contributed by atoms with E-state index < -0.39 is 5.91 Å². The highest BCUT2D eigenvalue weighted by atomic mass is 16.5. The van der Waals surface area contributed by atoms with Gasteiger partial charge in [-0.1, -0.05) is 31.6 Å². The maximum absolute atomic E-state index is 13.6. The summed E-state index contributed by atoms with van der Waals surface area (Å²) in [6.45, 7) is 11.3. The zero-order chi connectivity index (χ0) is 31.5. The van der Waals surface area contributed by atoms with E-state index >= 15 is 0 Å². The van der Waals surface area contributed by atoms with Crippen LogP contribution in [-0.4, -0.2) is 56.8 Å². The Morgan fingerprint density at radius 2 is 1.64 bits per heavy atom. The van der Waals surface area contributed by atoms with Crippen molar-refractivity contribution in [3.05, 3.63) is 88.5 Å². The first-order valence-electron chi connectivity index (χ1n) is 15.4. The number of anilines is 4. The fraction of sp³-hybridized carbons (Fsp3) is 0.324. The van der Waals surface area contributed by atoms with Gasteiger partial charge < -0.3 is 15.1 Å². The first-order valence-corrected chi connectivity index (χ1v) is 15.4. The van der Waals surface area contributed by atoms with E-state index in [1.165, 1.54) is 6.08 Å². The molecule has 4 aromatic rings. The van der Waals surface area contributed by atoms with Crippen molar-refractivity contribution in [1.82, 2.24) is 25.0 Å². The van der Waals surface area contributed by atoms with E-state index in [0.29, 0.717) is 23.0 Å². The number of pyridine rings is 2. The summed E-state index contributed by atoms with van der Waals surface area (Å²) in [5, 5.41) is 12.7. The molecule has 11 heteroatoms. The van der Waals surface area contributed by atoms with E-state index in [1.807, 2.05) is 61.0 Å². The van der Waals surface area contributed by atoms with Crippen molar-refractivity contribution in [2.24, 2.45) is 0 Å². The number of amides is 1. The Kier molecular flexibility index (Phi) is 8.61. The van der Waals surface area contributed by atoms with Crippen molar-refractivity contribution >= 4 is 51.7 Å². The Morgan fingerprint density at radius 1 is 0.978 bits per heavy atom. The third-order valence-corrected chi connectivity index (χ3v) is 8.75. The van der Waals surface area contributed by atoms with Crippen molar-refractivity contribution in [2.45, 2.75) is 45.6 Å². The number of rotatable bonds is 8. The van der Waals surface area contributed by atoms with Gasteiger partial charge >= 0.3 is 0 Å². The van der Waals surface area contributed by atoms with Gasteiger partial charge in [0.1, 0.15) is 11.5 Å². The number of piperazine rings is 1. The van der Waals surface area contributed by atoms with Gasteiger partial charge in [0, 0.05) is 61.1 Å². The molecule has 0 atom stereocenters. The second-order valence-electron chi connectivity index (χ2n) is 11.7. The summed E-state index contributed by atoms with van der Waals surface area (Å²) in [6, 6.07) is 12.1. The number of fused-ring (bicyclic) bond motifs is 1. The zero-order valence-corrected chi connectivity index (χ0v) is 25.7. The van der Waals surface area contributed by atoms with Gasteiger partial charge in [0.05, 0.1) is 11.9 Å². The average molecular weight is 607 g/mol. The summed E-state index contributed by atoms with van der Waals surface area (Å²) in [5.74, 6) is 0.477. The van der Waals surface area contributed by atoms with Gasteiger partial charge in [-0.25, -0.2) is 15.4 Å². The number of hydroxylamine groups is 1. The summed E-state index contributed by atoms with van der Waals surface area (Å²) >= 11 is 0. The van der Waals surface area contributed by atoms with E-state index in [1.54, 1.807) is 17.8 Å². The normalized spacial score (nSPS) is 15.6. The largest absolute Gasteiger partial charge is 0.368 e. The van der Waals surface area contributed by atoms with Crippen LogP contribution in [0.5, 0.6) is 0 Å². The minimum Gasteiger partial charge on any atom is -0.368 e. The number of nitrogens with zero attached hydrogens (tertiary/aromatic N) is 6. The monoisotopic (exact) mass is 606 g/mol. The summed E-state index contributed by atoms with van der Waals surface area (Å²) in [7, 11) is 0. The topological polar surface area (TPSA) is 129 Å². The lowest BCUT2D eigenvalue weighted by atomic mass is 10.0. The highest BCUT2D eigenvalue weighted by molar-refractivity contribution is 5.90. The first kappa shape index (κ1) is 30.0. The Morgan fingerprint density at radius 3 is 2.27 bits per heavy atom. The Hall–Kier alpha value is -5.03. The fourth-order valence-electron chi connectivity index (χ4n) is 6.39. The van der Waals surface area contributed by atoms with Crippen LogP contribution in [0.25, 0.3) is 22.7 Å². The van der Waals surface area contributed by atoms with Crippen LogP contribution in [0.15, 0.2) is 66.2 Å². The number of allylic oxidation sites excluding steroid dienone is 1. The highest BCUT2D eigenvalue weighted by Crippen LogP contribution is 2.33. The SMILES string of the molecule is C=C(C)c1c(C)c2cnc(Nc3ccc(N4CCN(c5ccc(/C=C/C(=O)NO)cc5)CC4)cn3)nc2n(C2CCCC2)c1=O. The Labute approximate surface area is 261 Å². The Bertz CT molecular complexity index is 1800. The number of nitrogens with one attached hydrogen (secondary N) is 2. The maximum Gasteiger partial charge on any atom is 0.267 e. The number of aryl methyl sites for hydroxylation is 1. The molecule has 1 saturated heterocycles. The molecule has 232 valence electrons. The van der Waals surface area contributed by atoms with E-state index in [-0.39, 0.29) is 11.6 Å². The number of carbonyl (C=O) groups is 1. The molecule has 45 heavy (non-hydrogen) atoms. The standard InChI is InChI=1S/C34H38N8O3/c1-22(2)31-23(3)28-21-36-34(38-32(28)42(33(31)44)26-6-4-5-7-26)37-29-14-13-27(20-35-29)41-18-16-40(17-19-41)25-11-8-24(9-12-25)10-15-30(43)39-45/h8-15,20-21,26,45H,1,4-7,16-19H2,2-3H3,(H,39,43)(H,35,36,37,38)/b15-10+. The molecular formula is C34H38N8O3. The number of aromatic nitrogens is 4. The van der Waals surface area contributed by atoms with E-state index in [4.69, 9.17) is 10.2 Å². The minimum absolute atomic E-state index is 0.0227. The molecular weight excluding hydrogens is 568 g/mol. The summed E-state index contributed by atoms with van der Waals surface area (Å²) < 4.78 is 1.87. The number of hydrogen-bond acceptors (Lipinski definition) is 9. The zero-order valence-electron chi connectivity index (χ0n) is 25.7. The van der Waals surface area contributed by atoms with E-state index in [9.17, 15) is 9.59 Å². The molecule has 3 aromatic heterocycles. The van der Waals surface area contributed by atoms with Gasteiger partial charge in [0.15, 0.2) is 0 Å². The molecule has 1 aliphatic carbocycles. The van der Waals surface area contributed by atoms with Gasteiger partial charge in [-0.15, -0.1) is 0 Å². The highest BCUT2D eigenvalue weighted by Gasteiger charge is 2.25. The molecule has 1 aromatic carbocycles. The molecule has 1 saturated carbocycles. The third kappa shape index (κ3) is 6.30. The van der Waals surface area contributed by atoms with Crippen LogP contribution in [0.2, 0.25) is 0 Å². The van der Waals surface area contributed by atoms with Gasteiger partial charge in [0.25, 0.3) is 11.5 Å². The lowest BCUT2D eigenvalue weighted by Crippen LogP contribution is -2.46. The molecule has 1 amide bonds. The molecule has 1 aliphatic heterocycles. The quantitative estimate of drug-likeness (QED) is 0.140. The van der Waals surface area contributed by atoms with Crippen LogP contribution in [0.3, 0.4) is 0 Å². The summed E-state index contributed by atoms with van der Waals surface area (Å²) in [6.07, 6.45) is 10.7. The summed E-state index contributed by atoms with van der Waals surface area (Å²) in [4.78, 5) is 43.6. The van der Waals surface area contributed by atoms with Crippen LogP contribution >= 0.6 is 0 Å². The number of carbonyl (C=O) groups excluding carboxylic acids is 1. The second-order valence-corrected chi connectivity index (χ2v) is 11.7. The molecule has 3 N–H and O–H groups in total. The van der Waals surface area contributed by atoms with E-state index in [2.05, 4.69) is 31.7 Å². The predicted octanol–water partition coefficient (Wildman–Crippen LogP) is 5.23. The molecule has 0 unspecified atom stereocenters. The fourth-order valence-corrected chi connectivity index (χ4v) is 6.39. The van der Waals surface area contributed by atoms with Crippen molar-refractivity contribution in [3.8, 4) is 0 Å². The molecule has 0 bridgehead atoms. The predicted molar refractivity (Wildman–Crippen MR) is 178 cm³/mol. The van der Waals surface area contributed by atoms with Gasteiger partial charge in [0.2, 0.25) is 5.95 Å². The average Bonchev–Trinajstić information content (AvgIpc) is 3.59. The van der Waals surface area contributed by atoms with Crippen molar-refractivity contribution in [2.75, 3.05) is 41.3 Å². The molecule has 6 rings (SSSR count). The van der Waals surface area contributed by atoms with Crippen LogP contribution in [0, 0.1) is 6.92 Å². The molecule has 2 aliphatic rings. The van der Waals surface area contributed by atoms with Gasteiger partial charge in [-0.3, -0.25) is 19.4 Å². The summed E-state index contributed by atoms with van der Waals surface area (Å²) in [5.41, 5.74) is 7.55. The van der Waals surface area contributed by atoms with Crippen molar-refractivity contribution in [1.29, 1.82) is 0 Å². The lowest BCUT2D eigenvalue weighted by Gasteiger charge is -2.37. The Balaban J connectivity index is 1.13. The molecule has 4 heterocycles. The number of benzene rings is 1.